The van der Waals surface area contributed by atoms with E-state index in [1.165, 1.54) is 19.3 Å². The first-order valence-electron chi connectivity index (χ1n) is 6.68. The Hall–Kier alpha value is -1.51. The van der Waals surface area contributed by atoms with E-state index in [2.05, 4.69) is 19.2 Å². The second-order valence-corrected chi connectivity index (χ2v) is 5.44. The lowest BCUT2D eigenvalue weighted by molar-refractivity contribution is 0.0697. The highest BCUT2D eigenvalue weighted by molar-refractivity contribution is 5.88. The lowest BCUT2D eigenvalue weighted by atomic mass is 9.78. The molecule has 1 saturated carbocycles. The van der Waals surface area contributed by atoms with Gasteiger partial charge in [0.15, 0.2) is 0 Å². The van der Waals surface area contributed by atoms with Crippen molar-refractivity contribution in [1.29, 1.82) is 0 Å². The molecule has 0 spiro atoms. The molecule has 1 fully saturated rings. The van der Waals surface area contributed by atoms with E-state index < -0.39 is 5.97 Å². The SMILES string of the molecule is CC1CCCC(C)C1Nc1cccc(C(=O)O)c1. The summed E-state index contributed by atoms with van der Waals surface area (Å²) in [5.74, 6) is 0.410. The lowest BCUT2D eigenvalue weighted by Crippen LogP contribution is -2.37. The van der Waals surface area contributed by atoms with Crippen molar-refractivity contribution in [3.63, 3.8) is 0 Å². The lowest BCUT2D eigenvalue weighted by Gasteiger charge is -2.36. The fourth-order valence-corrected chi connectivity index (χ4v) is 2.90. The number of carboxylic acids is 1. The van der Waals surface area contributed by atoms with Crippen molar-refractivity contribution in [2.45, 2.75) is 39.2 Å². The zero-order valence-electron chi connectivity index (χ0n) is 11.0. The minimum absolute atomic E-state index is 0.344. The van der Waals surface area contributed by atoms with Crippen LogP contribution < -0.4 is 5.32 Å². The molecule has 0 saturated heterocycles. The minimum Gasteiger partial charge on any atom is -0.478 e. The molecule has 1 aromatic rings. The molecule has 0 amide bonds. The summed E-state index contributed by atoms with van der Waals surface area (Å²) in [5, 5.41) is 12.5. The number of benzene rings is 1. The van der Waals surface area contributed by atoms with E-state index in [-0.39, 0.29) is 0 Å². The number of hydrogen-bond donors (Lipinski definition) is 2. The number of rotatable bonds is 3. The van der Waals surface area contributed by atoms with Crippen LogP contribution >= 0.6 is 0 Å². The standard InChI is InChI=1S/C15H21NO2/c1-10-5-3-6-11(2)14(10)16-13-8-4-7-12(9-13)15(17)18/h4,7-11,14,16H,3,5-6H2,1-2H3,(H,17,18). The van der Waals surface area contributed by atoms with Gasteiger partial charge in [-0.25, -0.2) is 4.79 Å². The third-order valence-electron chi connectivity index (χ3n) is 3.99. The Morgan fingerprint density at radius 3 is 2.56 bits per heavy atom. The van der Waals surface area contributed by atoms with Crippen LogP contribution in [0.15, 0.2) is 24.3 Å². The molecule has 1 aliphatic carbocycles. The van der Waals surface area contributed by atoms with Crippen molar-refractivity contribution in [1.82, 2.24) is 0 Å². The molecule has 18 heavy (non-hydrogen) atoms. The first kappa shape index (κ1) is 12.9. The average molecular weight is 247 g/mol. The van der Waals surface area contributed by atoms with Gasteiger partial charge >= 0.3 is 5.97 Å². The summed E-state index contributed by atoms with van der Waals surface area (Å²) in [6.45, 7) is 4.54. The van der Waals surface area contributed by atoms with Gasteiger partial charge in [-0.1, -0.05) is 26.3 Å². The molecule has 1 aliphatic rings. The van der Waals surface area contributed by atoms with Gasteiger partial charge in [-0.05, 0) is 42.9 Å². The summed E-state index contributed by atoms with van der Waals surface area (Å²) in [5.41, 5.74) is 1.26. The molecular formula is C15H21NO2. The predicted molar refractivity (Wildman–Crippen MR) is 73.0 cm³/mol. The highest BCUT2D eigenvalue weighted by atomic mass is 16.4. The van der Waals surface area contributed by atoms with Crippen molar-refractivity contribution in [2.75, 3.05) is 5.32 Å². The Bertz CT molecular complexity index is 420. The number of carbonyl (C=O) groups is 1. The van der Waals surface area contributed by atoms with Crippen LogP contribution in [0.2, 0.25) is 0 Å². The van der Waals surface area contributed by atoms with Crippen LogP contribution in [0.25, 0.3) is 0 Å². The second kappa shape index (κ2) is 5.42. The van der Waals surface area contributed by atoms with Gasteiger partial charge in [0.2, 0.25) is 0 Å². The molecule has 2 rings (SSSR count). The number of aromatic carboxylic acids is 1. The third kappa shape index (κ3) is 2.84. The molecule has 3 nitrogen and oxygen atoms in total. The Kier molecular flexibility index (Phi) is 3.90. The first-order chi connectivity index (χ1) is 8.58. The van der Waals surface area contributed by atoms with Crippen molar-refractivity contribution in [3.8, 4) is 0 Å². The van der Waals surface area contributed by atoms with Crippen LogP contribution in [-0.4, -0.2) is 17.1 Å². The second-order valence-electron chi connectivity index (χ2n) is 5.44. The molecule has 2 unspecified atom stereocenters. The number of hydrogen-bond acceptors (Lipinski definition) is 2. The van der Waals surface area contributed by atoms with E-state index in [0.29, 0.717) is 23.4 Å². The zero-order valence-corrected chi connectivity index (χ0v) is 11.0. The summed E-state index contributed by atoms with van der Waals surface area (Å²) in [6.07, 6.45) is 3.80. The Labute approximate surface area is 108 Å². The monoisotopic (exact) mass is 247 g/mol. The largest absolute Gasteiger partial charge is 0.478 e. The van der Waals surface area contributed by atoms with Crippen molar-refractivity contribution >= 4 is 11.7 Å². The number of nitrogens with one attached hydrogen (secondary N) is 1. The highest BCUT2D eigenvalue weighted by Gasteiger charge is 2.27. The van der Waals surface area contributed by atoms with Crippen molar-refractivity contribution in [3.05, 3.63) is 29.8 Å². The minimum atomic E-state index is -0.872. The van der Waals surface area contributed by atoms with Crippen LogP contribution in [0, 0.1) is 11.8 Å². The number of carboxylic acid groups (broad SMARTS) is 1. The van der Waals surface area contributed by atoms with Gasteiger partial charge in [-0.3, -0.25) is 0 Å². The molecule has 98 valence electrons. The van der Waals surface area contributed by atoms with E-state index in [4.69, 9.17) is 5.11 Å². The Morgan fingerprint density at radius 1 is 1.28 bits per heavy atom. The number of anilines is 1. The summed E-state index contributed by atoms with van der Waals surface area (Å²) >= 11 is 0. The van der Waals surface area contributed by atoms with Gasteiger partial charge in [-0.15, -0.1) is 0 Å². The molecule has 0 aliphatic heterocycles. The molecule has 1 aromatic carbocycles. The van der Waals surface area contributed by atoms with E-state index in [9.17, 15) is 4.79 Å². The Balaban J connectivity index is 2.12. The van der Waals surface area contributed by atoms with E-state index in [1.54, 1.807) is 18.2 Å². The molecule has 0 bridgehead atoms. The van der Waals surface area contributed by atoms with Crippen LogP contribution in [0.4, 0.5) is 5.69 Å². The van der Waals surface area contributed by atoms with Gasteiger partial charge in [-0.2, -0.15) is 0 Å². The van der Waals surface area contributed by atoms with Gasteiger partial charge in [0.25, 0.3) is 0 Å². The van der Waals surface area contributed by atoms with Gasteiger partial charge < -0.3 is 10.4 Å². The normalized spacial score (nSPS) is 27.8. The fourth-order valence-electron chi connectivity index (χ4n) is 2.90. The fraction of sp³-hybridized carbons (Fsp3) is 0.533. The maximum Gasteiger partial charge on any atom is 0.335 e. The third-order valence-corrected chi connectivity index (χ3v) is 3.99. The van der Waals surface area contributed by atoms with Gasteiger partial charge in [0.05, 0.1) is 5.56 Å². The smallest absolute Gasteiger partial charge is 0.335 e. The van der Waals surface area contributed by atoms with Crippen LogP contribution in [0.3, 0.4) is 0 Å². The summed E-state index contributed by atoms with van der Waals surface area (Å²) < 4.78 is 0. The van der Waals surface area contributed by atoms with Gasteiger partial charge in [0.1, 0.15) is 0 Å². The molecule has 0 aromatic heterocycles. The summed E-state index contributed by atoms with van der Waals surface area (Å²) in [7, 11) is 0. The predicted octanol–water partition coefficient (Wildman–Crippen LogP) is 3.62. The highest BCUT2D eigenvalue weighted by Crippen LogP contribution is 2.31. The van der Waals surface area contributed by atoms with Gasteiger partial charge in [0, 0.05) is 11.7 Å². The Morgan fingerprint density at radius 2 is 1.94 bits per heavy atom. The van der Waals surface area contributed by atoms with Crippen molar-refractivity contribution in [2.24, 2.45) is 11.8 Å². The van der Waals surface area contributed by atoms with Crippen LogP contribution in [-0.2, 0) is 0 Å². The molecule has 2 N–H and O–H groups in total. The summed E-state index contributed by atoms with van der Waals surface area (Å²) in [6, 6.07) is 7.53. The van der Waals surface area contributed by atoms with Crippen molar-refractivity contribution < 1.29 is 9.90 Å². The maximum absolute atomic E-state index is 10.9. The maximum atomic E-state index is 10.9. The zero-order chi connectivity index (χ0) is 13.1. The molecule has 0 heterocycles. The molecule has 3 heteroatoms. The van der Waals surface area contributed by atoms with Crippen LogP contribution in [0.5, 0.6) is 0 Å². The average Bonchev–Trinajstić information content (AvgIpc) is 2.34. The topological polar surface area (TPSA) is 49.3 Å². The molecule has 0 radical (unpaired) electrons. The van der Waals surface area contributed by atoms with Crippen LogP contribution in [0.1, 0.15) is 43.5 Å². The van der Waals surface area contributed by atoms with E-state index in [1.807, 2.05) is 6.07 Å². The molecule has 2 atom stereocenters. The quantitative estimate of drug-likeness (QED) is 0.857. The summed E-state index contributed by atoms with van der Waals surface area (Å²) in [4.78, 5) is 10.9. The van der Waals surface area contributed by atoms with E-state index >= 15 is 0 Å². The first-order valence-corrected chi connectivity index (χ1v) is 6.68. The molecular weight excluding hydrogens is 226 g/mol. The van der Waals surface area contributed by atoms with E-state index in [0.717, 1.165) is 5.69 Å².